The van der Waals surface area contributed by atoms with Gasteiger partial charge in [0.25, 0.3) is 0 Å². The van der Waals surface area contributed by atoms with Crippen molar-refractivity contribution in [1.29, 1.82) is 0 Å². The highest BCUT2D eigenvalue weighted by Gasteiger charge is 2.31. The van der Waals surface area contributed by atoms with Crippen LogP contribution in [0.5, 0.6) is 0 Å². The fourth-order valence-electron chi connectivity index (χ4n) is 3.74. The van der Waals surface area contributed by atoms with Crippen molar-refractivity contribution in [2.24, 2.45) is 0 Å². The van der Waals surface area contributed by atoms with Crippen molar-refractivity contribution < 1.29 is 0 Å². The highest BCUT2D eigenvalue weighted by atomic mass is 14.3. The predicted molar refractivity (Wildman–Crippen MR) is 81.4 cm³/mol. The normalized spacial score (nSPS) is 17.7. The summed E-state index contributed by atoms with van der Waals surface area (Å²) in [6.07, 6.45) is 3.49. The van der Waals surface area contributed by atoms with Crippen LogP contribution in [0.3, 0.4) is 0 Å². The zero-order valence-corrected chi connectivity index (χ0v) is 11.7. The van der Waals surface area contributed by atoms with E-state index in [-0.39, 0.29) is 5.41 Å². The van der Waals surface area contributed by atoms with Crippen LogP contribution in [0.25, 0.3) is 16.7 Å². The number of rotatable bonds is 0. The van der Waals surface area contributed by atoms with E-state index in [0.29, 0.717) is 0 Å². The maximum Gasteiger partial charge on any atom is 0.00874 e. The first-order valence-corrected chi connectivity index (χ1v) is 7.02. The summed E-state index contributed by atoms with van der Waals surface area (Å²) in [4.78, 5) is 0. The molecule has 0 fully saturated rings. The number of benzene rings is 2. The second-order valence-electron chi connectivity index (χ2n) is 6.44. The van der Waals surface area contributed by atoms with Crippen LogP contribution in [-0.2, 0) is 11.8 Å². The van der Waals surface area contributed by atoms with Crippen LogP contribution >= 0.6 is 0 Å². The average molecular weight is 246 g/mol. The maximum absolute atomic E-state index is 2.43. The Balaban J connectivity index is 2.00. The predicted octanol–water partition coefficient (Wildman–Crippen LogP) is 4.95. The van der Waals surface area contributed by atoms with Crippen molar-refractivity contribution in [2.45, 2.75) is 32.6 Å². The molecule has 0 saturated carbocycles. The molecule has 0 aliphatic heterocycles. The minimum Gasteiger partial charge on any atom is -0.0709 e. The van der Waals surface area contributed by atoms with Gasteiger partial charge in [-0.2, -0.15) is 0 Å². The average Bonchev–Trinajstić information content (AvgIpc) is 2.83. The molecule has 0 aromatic heterocycles. The number of fused-ring (bicyclic) bond motifs is 4. The molecule has 2 aromatic rings. The van der Waals surface area contributed by atoms with Gasteiger partial charge in [-0.1, -0.05) is 50.3 Å². The molecule has 0 amide bonds. The fourth-order valence-corrected chi connectivity index (χ4v) is 3.74. The molecule has 2 aromatic carbocycles. The van der Waals surface area contributed by atoms with E-state index < -0.39 is 0 Å². The first-order valence-electron chi connectivity index (χ1n) is 7.02. The van der Waals surface area contributed by atoms with Gasteiger partial charge in [-0.05, 0) is 58.4 Å². The largest absolute Gasteiger partial charge is 0.0709 e. The Bertz CT molecular complexity index is 730. The van der Waals surface area contributed by atoms with Crippen LogP contribution in [0.1, 0.15) is 43.0 Å². The van der Waals surface area contributed by atoms with Gasteiger partial charge >= 0.3 is 0 Å². The van der Waals surface area contributed by atoms with Crippen molar-refractivity contribution in [2.75, 3.05) is 0 Å². The Morgan fingerprint density at radius 3 is 2.53 bits per heavy atom. The van der Waals surface area contributed by atoms with Crippen LogP contribution in [0, 0.1) is 0 Å². The molecule has 0 bridgehead atoms. The molecule has 0 heterocycles. The van der Waals surface area contributed by atoms with Crippen molar-refractivity contribution in [3.05, 3.63) is 64.7 Å². The summed E-state index contributed by atoms with van der Waals surface area (Å²) in [6, 6.07) is 13.7. The molecule has 19 heavy (non-hydrogen) atoms. The quantitative estimate of drug-likeness (QED) is 0.526. The van der Waals surface area contributed by atoms with Gasteiger partial charge in [-0.25, -0.2) is 0 Å². The molecule has 2 aliphatic carbocycles. The van der Waals surface area contributed by atoms with E-state index >= 15 is 0 Å². The Labute approximate surface area is 114 Å². The lowest BCUT2D eigenvalue weighted by Crippen LogP contribution is -2.10. The third-order valence-corrected chi connectivity index (χ3v) is 4.63. The molecule has 0 spiro atoms. The summed E-state index contributed by atoms with van der Waals surface area (Å²) >= 11 is 0. The Morgan fingerprint density at radius 1 is 0.895 bits per heavy atom. The summed E-state index contributed by atoms with van der Waals surface area (Å²) in [7, 11) is 0. The van der Waals surface area contributed by atoms with E-state index in [9.17, 15) is 0 Å². The van der Waals surface area contributed by atoms with Crippen LogP contribution in [0.2, 0.25) is 0 Å². The molecule has 0 heteroatoms. The lowest BCUT2D eigenvalue weighted by molar-refractivity contribution is 0.683. The number of allylic oxidation sites excluding steroid dienone is 2. The van der Waals surface area contributed by atoms with Gasteiger partial charge < -0.3 is 0 Å². The molecule has 0 nitrogen and oxygen atoms in total. The first kappa shape index (κ1) is 11.0. The van der Waals surface area contributed by atoms with Gasteiger partial charge in [0, 0.05) is 5.41 Å². The molecule has 0 radical (unpaired) electrons. The highest BCUT2D eigenvalue weighted by Crippen LogP contribution is 2.46. The smallest absolute Gasteiger partial charge is 0.00874 e. The second-order valence-corrected chi connectivity index (χ2v) is 6.44. The Hall–Kier alpha value is -1.82. The summed E-state index contributed by atoms with van der Waals surface area (Å²) < 4.78 is 0. The van der Waals surface area contributed by atoms with E-state index in [0.717, 1.165) is 6.42 Å². The number of hydrogen-bond donors (Lipinski definition) is 0. The fraction of sp³-hybridized carbons (Fsp3) is 0.263. The molecule has 94 valence electrons. The van der Waals surface area contributed by atoms with E-state index in [1.165, 1.54) is 39.0 Å². The summed E-state index contributed by atoms with van der Waals surface area (Å²) in [5.74, 6) is 0. The molecular formula is C19H18. The molecule has 0 unspecified atom stereocenters. The summed E-state index contributed by atoms with van der Waals surface area (Å²) in [5, 5.41) is 0. The van der Waals surface area contributed by atoms with Gasteiger partial charge in [0.2, 0.25) is 0 Å². The third kappa shape index (κ3) is 1.40. The van der Waals surface area contributed by atoms with Crippen LogP contribution in [0.15, 0.2) is 42.5 Å². The topological polar surface area (TPSA) is 0 Å². The highest BCUT2D eigenvalue weighted by molar-refractivity contribution is 5.84. The molecule has 0 saturated heterocycles. The van der Waals surface area contributed by atoms with Crippen molar-refractivity contribution in [1.82, 2.24) is 0 Å². The SMILES string of the molecule is CC1=CC(C)(C)c2cc3c(cc21)Cc1ccccc1-3. The summed E-state index contributed by atoms with van der Waals surface area (Å²) in [5.41, 5.74) is 10.4. The lowest BCUT2D eigenvalue weighted by Gasteiger charge is -2.19. The van der Waals surface area contributed by atoms with E-state index in [1.54, 1.807) is 0 Å². The van der Waals surface area contributed by atoms with Crippen LogP contribution in [-0.4, -0.2) is 0 Å². The molecule has 2 aliphatic rings. The van der Waals surface area contributed by atoms with Crippen LogP contribution in [0.4, 0.5) is 0 Å². The molecule has 4 rings (SSSR count). The third-order valence-electron chi connectivity index (χ3n) is 4.63. The standard InChI is InChI=1S/C19H18/c1-12-11-19(2,3)18-10-17-14(9-16(12)18)8-13-6-4-5-7-15(13)17/h4-7,9-11H,8H2,1-3H3. The van der Waals surface area contributed by atoms with E-state index in [1.807, 2.05) is 0 Å². The second kappa shape index (κ2) is 3.39. The van der Waals surface area contributed by atoms with Crippen LogP contribution < -0.4 is 0 Å². The monoisotopic (exact) mass is 246 g/mol. The van der Waals surface area contributed by atoms with Crippen molar-refractivity contribution in [3.63, 3.8) is 0 Å². The summed E-state index contributed by atoms with van der Waals surface area (Å²) in [6.45, 7) is 6.87. The minimum atomic E-state index is 0.173. The Kier molecular flexibility index (Phi) is 1.97. The maximum atomic E-state index is 2.43. The molecular weight excluding hydrogens is 228 g/mol. The van der Waals surface area contributed by atoms with E-state index in [2.05, 4.69) is 63.2 Å². The minimum absolute atomic E-state index is 0.173. The first-order chi connectivity index (χ1) is 9.06. The molecule has 0 atom stereocenters. The van der Waals surface area contributed by atoms with Gasteiger partial charge in [-0.3, -0.25) is 0 Å². The molecule has 0 N–H and O–H groups in total. The van der Waals surface area contributed by atoms with Gasteiger partial charge in [0.15, 0.2) is 0 Å². The van der Waals surface area contributed by atoms with Crippen molar-refractivity contribution >= 4 is 5.57 Å². The van der Waals surface area contributed by atoms with Gasteiger partial charge in [0.1, 0.15) is 0 Å². The van der Waals surface area contributed by atoms with E-state index in [4.69, 9.17) is 0 Å². The van der Waals surface area contributed by atoms with Gasteiger partial charge in [-0.15, -0.1) is 0 Å². The zero-order chi connectivity index (χ0) is 13.2. The Morgan fingerprint density at radius 2 is 1.68 bits per heavy atom. The number of hydrogen-bond acceptors (Lipinski definition) is 0. The van der Waals surface area contributed by atoms with Gasteiger partial charge in [0.05, 0.1) is 0 Å². The zero-order valence-electron chi connectivity index (χ0n) is 11.7. The van der Waals surface area contributed by atoms with Crippen molar-refractivity contribution in [3.8, 4) is 11.1 Å². The lowest BCUT2D eigenvalue weighted by atomic mass is 9.85.